The average Bonchev–Trinajstić information content (AvgIpc) is 3.55. The molecule has 0 aliphatic heterocycles. The molecule has 0 fully saturated rings. The van der Waals surface area contributed by atoms with Gasteiger partial charge in [-0.05, 0) is 56.9 Å². The van der Waals surface area contributed by atoms with Gasteiger partial charge in [0.25, 0.3) is 0 Å². The third-order valence-electron chi connectivity index (χ3n) is 7.97. The maximum absolute atomic E-state index is 9.53. The SMILES string of the molecule is [2H]c1c(-c2nc(-c3ccccc3)nc(-c3cccc4oc5ccccc5c34)n2)c([2H])c2c([2H])c(-c3cccc4ccccc34)c([2H])c([2H])c2c1[2H]. The number of hydrogen-bond acceptors (Lipinski definition) is 4. The summed E-state index contributed by atoms with van der Waals surface area (Å²) in [6, 6.07) is 34.1. The van der Waals surface area contributed by atoms with Gasteiger partial charge in [0.05, 0.1) is 8.22 Å². The zero-order valence-corrected chi connectivity index (χ0v) is 23.7. The highest BCUT2D eigenvalue weighted by molar-refractivity contribution is 6.11. The molecule has 9 aromatic rings. The van der Waals surface area contributed by atoms with Crippen molar-refractivity contribution < 1.29 is 12.6 Å². The fourth-order valence-electron chi connectivity index (χ4n) is 5.85. The highest BCUT2D eigenvalue weighted by Crippen LogP contribution is 2.37. The maximum atomic E-state index is 9.53. The minimum Gasteiger partial charge on any atom is -0.456 e. The molecule has 0 radical (unpaired) electrons. The van der Waals surface area contributed by atoms with Crippen LogP contribution in [-0.4, -0.2) is 15.0 Å². The van der Waals surface area contributed by atoms with Crippen LogP contribution in [0.3, 0.4) is 0 Å². The molecule has 0 amide bonds. The lowest BCUT2D eigenvalue weighted by atomic mass is 9.95. The van der Waals surface area contributed by atoms with Crippen molar-refractivity contribution in [1.29, 1.82) is 0 Å². The van der Waals surface area contributed by atoms with Crippen molar-refractivity contribution >= 4 is 43.5 Å². The van der Waals surface area contributed by atoms with Crippen LogP contribution in [0.1, 0.15) is 8.22 Å². The number of aromatic nitrogens is 3. The molecular formula is C41H25N3O. The molecule has 0 spiro atoms. The van der Waals surface area contributed by atoms with Crippen molar-refractivity contribution in [3.05, 3.63) is 152 Å². The Balaban J connectivity index is 1.36. The Morgan fingerprint density at radius 2 is 1.04 bits per heavy atom. The molecule has 2 aromatic heterocycles. The number of benzene rings is 7. The second kappa shape index (κ2) is 10.2. The van der Waals surface area contributed by atoms with E-state index in [1.807, 2.05) is 109 Å². The molecular weight excluding hydrogens is 550 g/mol. The first kappa shape index (κ1) is 19.9. The lowest BCUT2D eigenvalue weighted by Gasteiger charge is -2.11. The number of rotatable bonds is 4. The smallest absolute Gasteiger partial charge is 0.164 e. The van der Waals surface area contributed by atoms with Crippen LogP contribution in [0.2, 0.25) is 0 Å². The summed E-state index contributed by atoms with van der Waals surface area (Å²) in [5.41, 5.74) is 3.39. The largest absolute Gasteiger partial charge is 0.456 e. The van der Waals surface area contributed by atoms with Gasteiger partial charge in [0.1, 0.15) is 11.2 Å². The Morgan fingerprint density at radius 3 is 1.93 bits per heavy atom. The predicted molar refractivity (Wildman–Crippen MR) is 184 cm³/mol. The van der Waals surface area contributed by atoms with E-state index in [1.54, 1.807) is 6.07 Å². The first-order chi connectivity index (χ1) is 24.8. The van der Waals surface area contributed by atoms with Crippen LogP contribution < -0.4 is 0 Å². The van der Waals surface area contributed by atoms with Crippen LogP contribution in [0.4, 0.5) is 0 Å². The number of furan rings is 1. The Kier molecular flexibility index (Phi) is 4.54. The summed E-state index contributed by atoms with van der Waals surface area (Å²) in [4.78, 5) is 14.5. The molecule has 4 nitrogen and oxygen atoms in total. The van der Waals surface area contributed by atoms with Crippen molar-refractivity contribution in [1.82, 2.24) is 15.0 Å². The second-order valence-corrected chi connectivity index (χ2v) is 10.7. The van der Waals surface area contributed by atoms with Crippen molar-refractivity contribution in [2.45, 2.75) is 0 Å². The van der Waals surface area contributed by atoms with E-state index in [2.05, 4.69) is 0 Å². The summed E-state index contributed by atoms with van der Waals surface area (Å²) in [6.07, 6.45) is 0. The Morgan fingerprint density at radius 1 is 0.422 bits per heavy atom. The van der Waals surface area contributed by atoms with E-state index in [1.165, 1.54) is 0 Å². The summed E-state index contributed by atoms with van der Waals surface area (Å²) < 4.78 is 61.3. The fourth-order valence-corrected chi connectivity index (χ4v) is 5.85. The molecule has 0 N–H and O–H groups in total. The summed E-state index contributed by atoms with van der Waals surface area (Å²) in [5, 5.41) is 3.27. The van der Waals surface area contributed by atoms with Crippen molar-refractivity contribution in [2.24, 2.45) is 0 Å². The molecule has 4 heteroatoms. The van der Waals surface area contributed by atoms with E-state index in [0.29, 0.717) is 33.7 Å². The number of nitrogens with zero attached hydrogens (tertiary/aromatic N) is 3. The molecule has 9 rings (SSSR count). The minimum atomic E-state index is -0.376. The summed E-state index contributed by atoms with van der Waals surface area (Å²) in [6.45, 7) is 0. The molecule has 0 saturated carbocycles. The van der Waals surface area contributed by atoms with E-state index in [4.69, 9.17) is 24.9 Å². The summed E-state index contributed by atoms with van der Waals surface area (Å²) in [7, 11) is 0. The molecule has 2 heterocycles. The fraction of sp³-hybridized carbons (Fsp3) is 0. The quantitative estimate of drug-likeness (QED) is 0.207. The first-order valence-corrected chi connectivity index (χ1v) is 14.6. The van der Waals surface area contributed by atoms with E-state index >= 15 is 0 Å². The van der Waals surface area contributed by atoms with Gasteiger partial charge in [-0.15, -0.1) is 0 Å². The van der Waals surface area contributed by atoms with Gasteiger partial charge in [-0.3, -0.25) is 0 Å². The summed E-state index contributed by atoms with van der Waals surface area (Å²) >= 11 is 0. The molecule has 45 heavy (non-hydrogen) atoms. The van der Waals surface area contributed by atoms with Crippen LogP contribution >= 0.6 is 0 Å². The van der Waals surface area contributed by atoms with Crippen molar-refractivity contribution in [3.8, 4) is 45.3 Å². The van der Waals surface area contributed by atoms with Gasteiger partial charge in [-0.25, -0.2) is 15.0 Å². The van der Waals surface area contributed by atoms with E-state index in [0.717, 1.165) is 21.5 Å². The predicted octanol–water partition coefficient (Wildman–Crippen LogP) is 10.7. The highest BCUT2D eigenvalue weighted by atomic mass is 16.3. The lowest BCUT2D eigenvalue weighted by Crippen LogP contribution is -2.00. The van der Waals surface area contributed by atoms with Crippen LogP contribution in [-0.2, 0) is 0 Å². The number of hydrogen-bond donors (Lipinski definition) is 0. The number of para-hydroxylation sites is 1. The molecule has 0 aliphatic rings. The van der Waals surface area contributed by atoms with Crippen LogP contribution in [0.25, 0.3) is 88.8 Å². The third-order valence-corrected chi connectivity index (χ3v) is 7.97. The van der Waals surface area contributed by atoms with Gasteiger partial charge in [0.2, 0.25) is 0 Å². The lowest BCUT2D eigenvalue weighted by molar-refractivity contribution is 0.669. The number of fused-ring (bicyclic) bond motifs is 5. The molecule has 0 unspecified atom stereocenters. The van der Waals surface area contributed by atoms with E-state index in [-0.39, 0.29) is 69.8 Å². The minimum absolute atomic E-state index is 0.0124. The Hall–Kier alpha value is -6.13. The molecule has 210 valence electrons. The van der Waals surface area contributed by atoms with Crippen LogP contribution in [0.5, 0.6) is 0 Å². The maximum Gasteiger partial charge on any atom is 0.164 e. The summed E-state index contributed by atoms with van der Waals surface area (Å²) in [5.74, 6) is 0.573. The molecule has 0 saturated heterocycles. The zero-order chi connectivity index (χ0) is 35.0. The average molecular weight is 582 g/mol. The highest BCUT2D eigenvalue weighted by Gasteiger charge is 2.18. The van der Waals surface area contributed by atoms with Crippen molar-refractivity contribution in [2.75, 3.05) is 0 Å². The molecule has 0 aliphatic carbocycles. The molecule has 0 atom stereocenters. The standard InChI is InChI=1S/C41H25N3O/c1-2-11-28(12-3-1)39-42-40(44-41(43-39)35-17-9-19-37-38(35)34-15-6-7-18-36(34)45-37)30-23-21-26-20-22-29(24-31(26)25-30)33-16-8-13-27-10-4-5-14-32(27)33/h1-25H/i20D,21D,22D,23D,24D,25D. The first-order valence-electron chi connectivity index (χ1n) is 17.6. The van der Waals surface area contributed by atoms with Gasteiger partial charge >= 0.3 is 0 Å². The van der Waals surface area contributed by atoms with Gasteiger partial charge in [0.15, 0.2) is 17.5 Å². The molecule has 0 bridgehead atoms. The van der Waals surface area contributed by atoms with Crippen LogP contribution in [0.15, 0.2) is 156 Å². The Labute approximate surface area is 267 Å². The topological polar surface area (TPSA) is 51.8 Å². The van der Waals surface area contributed by atoms with E-state index in [9.17, 15) is 2.74 Å². The van der Waals surface area contributed by atoms with Crippen LogP contribution in [0, 0.1) is 0 Å². The zero-order valence-electron chi connectivity index (χ0n) is 29.7. The monoisotopic (exact) mass is 581 g/mol. The molecule has 7 aromatic carbocycles. The van der Waals surface area contributed by atoms with Crippen molar-refractivity contribution in [3.63, 3.8) is 0 Å². The normalized spacial score (nSPS) is 13.4. The van der Waals surface area contributed by atoms with Gasteiger partial charge in [-0.1, -0.05) is 127 Å². The van der Waals surface area contributed by atoms with Gasteiger partial charge < -0.3 is 4.42 Å². The van der Waals surface area contributed by atoms with Gasteiger partial charge in [-0.2, -0.15) is 0 Å². The van der Waals surface area contributed by atoms with Gasteiger partial charge in [0, 0.05) is 27.5 Å². The van der Waals surface area contributed by atoms with E-state index < -0.39 is 0 Å². The second-order valence-electron chi connectivity index (χ2n) is 10.7. The Bertz CT molecular complexity index is 2890. The third kappa shape index (κ3) is 4.35.